The molecule has 2 nitrogen and oxygen atoms in total. The van der Waals surface area contributed by atoms with Gasteiger partial charge in [-0.15, -0.1) is 0 Å². The van der Waals surface area contributed by atoms with Crippen LogP contribution < -0.4 is 5.32 Å². The van der Waals surface area contributed by atoms with Gasteiger partial charge in [0.1, 0.15) is 0 Å². The van der Waals surface area contributed by atoms with Gasteiger partial charge in [0.05, 0.1) is 5.60 Å². The number of halogens is 2. The van der Waals surface area contributed by atoms with Crippen LogP contribution >= 0.6 is 27.5 Å². The summed E-state index contributed by atoms with van der Waals surface area (Å²) in [5, 5.41) is 4.30. The molecule has 1 aromatic rings. The normalized spacial score (nSPS) is 13.6. The molecule has 0 saturated heterocycles. The number of rotatable bonds is 7. The first-order valence-corrected chi connectivity index (χ1v) is 7.89. The Labute approximate surface area is 130 Å². The monoisotopic (exact) mass is 347 g/mol. The van der Waals surface area contributed by atoms with Crippen molar-refractivity contribution < 1.29 is 4.74 Å². The summed E-state index contributed by atoms with van der Waals surface area (Å²) in [4.78, 5) is 0. The molecule has 0 radical (unpaired) electrons. The molecule has 0 aliphatic heterocycles. The van der Waals surface area contributed by atoms with E-state index in [1.807, 2.05) is 19.1 Å². The van der Waals surface area contributed by atoms with Crippen LogP contribution in [0.5, 0.6) is 0 Å². The highest BCUT2D eigenvalue weighted by molar-refractivity contribution is 9.10. The van der Waals surface area contributed by atoms with E-state index in [1.54, 1.807) is 0 Å². The highest BCUT2D eigenvalue weighted by Gasteiger charge is 2.29. The first-order valence-electron chi connectivity index (χ1n) is 6.72. The van der Waals surface area contributed by atoms with Gasteiger partial charge in [-0.2, -0.15) is 0 Å². The van der Waals surface area contributed by atoms with E-state index in [0.717, 1.165) is 28.0 Å². The Balaban J connectivity index is 2.89. The van der Waals surface area contributed by atoms with Gasteiger partial charge in [0.15, 0.2) is 0 Å². The average molecular weight is 349 g/mol. The van der Waals surface area contributed by atoms with Gasteiger partial charge in [0, 0.05) is 22.1 Å². The standard InChI is InChI=1S/C15H23BrClNO/c1-5-18-14(15(3,4)19-6-2)9-11-7-8-12(16)10-13(11)17/h7-8,10,14,18H,5-6,9H2,1-4H3. The maximum Gasteiger partial charge on any atom is 0.0781 e. The Hall–Kier alpha value is -0.0900. The van der Waals surface area contributed by atoms with Crippen LogP contribution in [0.25, 0.3) is 0 Å². The van der Waals surface area contributed by atoms with Crippen LogP contribution in [-0.4, -0.2) is 24.8 Å². The highest BCUT2D eigenvalue weighted by atomic mass is 79.9. The summed E-state index contributed by atoms with van der Waals surface area (Å²) in [6.45, 7) is 10.0. The SMILES string of the molecule is CCNC(Cc1ccc(Br)cc1Cl)C(C)(C)OCC. The van der Waals surface area contributed by atoms with Gasteiger partial charge in [0.2, 0.25) is 0 Å². The largest absolute Gasteiger partial charge is 0.374 e. The quantitative estimate of drug-likeness (QED) is 0.786. The van der Waals surface area contributed by atoms with E-state index >= 15 is 0 Å². The van der Waals surface area contributed by atoms with Crippen LogP contribution in [0.1, 0.15) is 33.3 Å². The number of hydrogen-bond donors (Lipinski definition) is 1. The molecule has 108 valence electrons. The van der Waals surface area contributed by atoms with E-state index in [2.05, 4.69) is 48.1 Å². The summed E-state index contributed by atoms with van der Waals surface area (Å²) < 4.78 is 6.87. The summed E-state index contributed by atoms with van der Waals surface area (Å²) in [5.74, 6) is 0. The molecule has 0 aliphatic rings. The second kappa shape index (κ2) is 7.63. The number of likely N-dealkylation sites (N-methyl/N-ethyl adjacent to an activating group) is 1. The first kappa shape index (κ1) is 17.0. The van der Waals surface area contributed by atoms with E-state index in [1.165, 1.54) is 0 Å². The number of nitrogens with one attached hydrogen (secondary N) is 1. The van der Waals surface area contributed by atoms with Crippen molar-refractivity contribution in [2.24, 2.45) is 0 Å². The van der Waals surface area contributed by atoms with Gasteiger partial charge in [-0.05, 0) is 51.4 Å². The minimum absolute atomic E-state index is 0.221. The predicted molar refractivity (Wildman–Crippen MR) is 86.0 cm³/mol. The summed E-state index contributed by atoms with van der Waals surface area (Å²) in [5.41, 5.74) is 0.921. The second-order valence-corrected chi connectivity index (χ2v) is 6.41. The maximum atomic E-state index is 6.30. The van der Waals surface area contributed by atoms with Crippen molar-refractivity contribution in [2.45, 2.75) is 45.8 Å². The molecule has 1 aromatic carbocycles. The third kappa shape index (κ3) is 5.07. The van der Waals surface area contributed by atoms with E-state index in [0.29, 0.717) is 6.61 Å². The number of ether oxygens (including phenoxy) is 1. The Kier molecular flexibility index (Phi) is 6.81. The number of benzene rings is 1. The fourth-order valence-electron chi connectivity index (χ4n) is 2.19. The lowest BCUT2D eigenvalue weighted by Gasteiger charge is -2.35. The molecule has 1 unspecified atom stereocenters. The van der Waals surface area contributed by atoms with Gasteiger partial charge in [-0.1, -0.05) is 40.5 Å². The zero-order valence-corrected chi connectivity index (χ0v) is 14.4. The minimum Gasteiger partial charge on any atom is -0.374 e. The molecule has 0 heterocycles. The van der Waals surface area contributed by atoms with Crippen molar-refractivity contribution in [1.29, 1.82) is 0 Å². The van der Waals surface area contributed by atoms with E-state index in [4.69, 9.17) is 16.3 Å². The average Bonchev–Trinajstić information content (AvgIpc) is 2.31. The highest BCUT2D eigenvalue weighted by Crippen LogP contribution is 2.26. The van der Waals surface area contributed by atoms with Crippen molar-refractivity contribution >= 4 is 27.5 Å². The Bertz CT molecular complexity index is 409. The third-order valence-corrected chi connectivity index (χ3v) is 4.09. The lowest BCUT2D eigenvalue weighted by molar-refractivity contribution is -0.0376. The summed E-state index contributed by atoms with van der Waals surface area (Å²) >= 11 is 9.74. The molecular weight excluding hydrogens is 326 g/mol. The first-order chi connectivity index (χ1) is 8.90. The van der Waals surface area contributed by atoms with E-state index in [9.17, 15) is 0 Å². The van der Waals surface area contributed by atoms with Crippen molar-refractivity contribution in [3.63, 3.8) is 0 Å². The Morgan fingerprint density at radius 3 is 2.58 bits per heavy atom. The topological polar surface area (TPSA) is 21.3 Å². The molecule has 1 N–H and O–H groups in total. The van der Waals surface area contributed by atoms with Gasteiger partial charge in [-0.3, -0.25) is 0 Å². The molecule has 0 spiro atoms. The van der Waals surface area contributed by atoms with Gasteiger partial charge < -0.3 is 10.1 Å². The molecule has 0 bridgehead atoms. The fourth-order valence-corrected chi connectivity index (χ4v) is 2.94. The minimum atomic E-state index is -0.221. The van der Waals surface area contributed by atoms with Crippen molar-refractivity contribution in [3.05, 3.63) is 33.3 Å². The predicted octanol–water partition coefficient (Wildman–Crippen LogP) is 4.44. The van der Waals surface area contributed by atoms with Crippen molar-refractivity contribution in [2.75, 3.05) is 13.2 Å². The molecule has 4 heteroatoms. The van der Waals surface area contributed by atoms with Gasteiger partial charge in [0.25, 0.3) is 0 Å². The Morgan fingerprint density at radius 2 is 2.05 bits per heavy atom. The van der Waals surface area contributed by atoms with Gasteiger partial charge in [-0.25, -0.2) is 0 Å². The summed E-state index contributed by atoms with van der Waals surface area (Å²) in [6.07, 6.45) is 0.854. The van der Waals surface area contributed by atoms with Crippen LogP contribution in [0, 0.1) is 0 Å². The van der Waals surface area contributed by atoms with Gasteiger partial charge >= 0.3 is 0 Å². The maximum absolute atomic E-state index is 6.30. The van der Waals surface area contributed by atoms with Crippen LogP contribution in [0.4, 0.5) is 0 Å². The molecule has 19 heavy (non-hydrogen) atoms. The smallest absolute Gasteiger partial charge is 0.0781 e. The van der Waals surface area contributed by atoms with Crippen molar-refractivity contribution in [1.82, 2.24) is 5.32 Å². The van der Waals surface area contributed by atoms with Crippen LogP contribution in [0.15, 0.2) is 22.7 Å². The molecule has 0 aromatic heterocycles. The molecule has 0 aliphatic carbocycles. The molecule has 0 fully saturated rings. The zero-order chi connectivity index (χ0) is 14.5. The van der Waals surface area contributed by atoms with Crippen LogP contribution in [0.2, 0.25) is 5.02 Å². The van der Waals surface area contributed by atoms with E-state index < -0.39 is 0 Å². The Morgan fingerprint density at radius 1 is 1.37 bits per heavy atom. The third-order valence-electron chi connectivity index (χ3n) is 3.25. The molecule has 0 saturated carbocycles. The molecule has 1 atom stereocenters. The van der Waals surface area contributed by atoms with Crippen LogP contribution in [0.3, 0.4) is 0 Å². The molecular formula is C15H23BrClNO. The second-order valence-electron chi connectivity index (χ2n) is 5.09. The number of hydrogen-bond acceptors (Lipinski definition) is 2. The summed E-state index contributed by atoms with van der Waals surface area (Å²) in [6, 6.07) is 6.26. The lowest BCUT2D eigenvalue weighted by Crippen LogP contribution is -2.50. The zero-order valence-electron chi connectivity index (χ0n) is 12.1. The summed E-state index contributed by atoms with van der Waals surface area (Å²) in [7, 11) is 0. The molecule has 1 rings (SSSR count). The van der Waals surface area contributed by atoms with E-state index in [-0.39, 0.29) is 11.6 Å². The van der Waals surface area contributed by atoms with Crippen LogP contribution in [-0.2, 0) is 11.2 Å². The fraction of sp³-hybridized carbons (Fsp3) is 0.600. The van der Waals surface area contributed by atoms with Crippen molar-refractivity contribution in [3.8, 4) is 0 Å². The molecule has 0 amide bonds. The lowest BCUT2D eigenvalue weighted by atomic mass is 9.92.